The minimum atomic E-state index is -0.494. The van der Waals surface area contributed by atoms with E-state index >= 15 is 0 Å². The largest absolute Gasteiger partial charge is 0.334 e. The SMILES string of the molecule is Cc1ccc(NC(=O)Cn2cccc2-c2nc(-c3ccc(F)cc3)no2)c(F)c1. The van der Waals surface area contributed by atoms with E-state index < -0.39 is 11.7 Å². The van der Waals surface area contributed by atoms with E-state index in [-0.39, 0.29) is 23.9 Å². The minimum Gasteiger partial charge on any atom is -0.334 e. The number of nitrogens with one attached hydrogen (secondary N) is 1. The predicted molar refractivity (Wildman–Crippen MR) is 103 cm³/mol. The van der Waals surface area contributed by atoms with E-state index in [2.05, 4.69) is 15.5 Å². The summed E-state index contributed by atoms with van der Waals surface area (Å²) in [6.45, 7) is 1.70. The third-order valence-corrected chi connectivity index (χ3v) is 4.29. The van der Waals surface area contributed by atoms with Crippen LogP contribution in [0.2, 0.25) is 0 Å². The van der Waals surface area contributed by atoms with Crippen LogP contribution in [0.3, 0.4) is 0 Å². The van der Waals surface area contributed by atoms with Crippen molar-refractivity contribution >= 4 is 11.6 Å². The van der Waals surface area contributed by atoms with Gasteiger partial charge in [0.05, 0.1) is 5.69 Å². The molecule has 4 rings (SSSR count). The lowest BCUT2D eigenvalue weighted by Gasteiger charge is -2.09. The summed E-state index contributed by atoms with van der Waals surface area (Å²) in [7, 11) is 0. The van der Waals surface area contributed by atoms with Crippen molar-refractivity contribution in [1.29, 1.82) is 0 Å². The smallest absolute Gasteiger partial charge is 0.274 e. The third kappa shape index (κ3) is 4.06. The molecule has 0 aliphatic heterocycles. The van der Waals surface area contributed by atoms with Crippen molar-refractivity contribution in [2.75, 3.05) is 5.32 Å². The van der Waals surface area contributed by atoms with Gasteiger partial charge in [-0.15, -0.1) is 0 Å². The van der Waals surface area contributed by atoms with E-state index in [0.29, 0.717) is 17.1 Å². The first-order valence-corrected chi connectivity index (χ1v) is 8.81. The van der Waals surface area contributed by atoms with E-state index in [1.54, 1.807) is 48.0 Å². The molecule has 1 amide bonds. The van der Waals surface area contributed by atoms with Crippen LogP contribution in [0.4, 0.5) is 14.5 Å². The molecule has 1 N–H and O–H groups in total. The lowest BCUT2D eigenvalue weighted by atomic mass is 10.2. The van der Waals surface area contributed by atoms with Gasteiger partial charge in [-0.25, -0.2) is 8.78 Å². The summed E-state index contributed by atoms with van der Waals surface area (Å²) < 4.78 is 33.9. The summed E-state index contributed by atoms with van der Waals surface area (Å²) in [6, 6.07) is 13.8. The molecule has 4 aromatic rings. The Hall–Kier alpha value is -3.81. The predicted octanol–water partition coefficient (Wildman–Crippen LogP) is 4.43. The van der Waals surface area contributed by atoms with Gasteiger partial charge in [-0.3, -0.25) is 4.79 Å². The maximum absolute atomic E-state index is 13.9. The first kappa shape index (κ1) is 18.5. The number of halogens is 2. The van der Waals surface area contributed by atoms with Gasteiger partial charge in [0, 0.05) is 11.8 Å². The molecule has 0 saturated carbocycles. The number of amides is 1. The van der Waals surface area contributed by atoms with Crippen molar-refractivity contribution in [2.24, 2.45) is 0 Å². The number of hydrogen-bond acceptors (Lipinski definition) is 4. The maximum Gasteiger partial charge on any atom is 0.274 e. The molecule has 0 saturated heterocycles. The Bertz CT molecular complexity index is 1170. The van der Waals surface area contributed by atoms with Crippen LogP contribution < -0.4 is 5.32 Å². The Balaban J connectivity index is 1.51. The van der Waals surface area contributed by atoms with E-state index in [0.717, 1.165) is 5.56 Å². The fourth-order valence-corrected chi connectivity index (χ4v) is 2.86. The molecular formula is C21H16F2N4O2. The van der Waals surface area contributed by atoms with E-state index in [1.807, 2.05) is 0 Å². The second kappa shape index (κ2) is 7.67. The lowest BCUT2D eigenvalue weighted by molar-refractivity contribution is -0.116. The van der Waals surface area contributed by atoms with Crippen LogP contribution in [0.25, 0.3) is 23.0 Å². The Morgan fingerprint density at radius 2 is 1.93 bits per heavy atom. The topological polar surface area (TPSA) is 73.0 Å². The monoisotopic (exact) mass is 394 g/mol. The van der Waals surface area contributed by atoms with Crippen LogP contribution in [0.15, 0.2) is 65.3 Å². The molecule has 0 bridgehead atoms. The standard InChI is InChI=1S/C21H16F2N4O2/c1-13-4-9-17(16(23)11-13)24-19(28)12-27-10-2-3-18(27)21-25-20(26-29-21)14-5-7-15(22)8-6-14/h2-11H,12H2,1H3,(H,24,28). The van der Waals surface area contributed by atoms with Gasteiger partial charge in [0.2, 0.25) is 11.7 Å². The second-order valence-corrected chi connectivity index (χ2v) is 6.48. The molecule has 0 fully saturated rings. The highest BCUT2D eigenvalue weighted by atomic mass is 19.1. The average Bonchev–Trinajstić information content (AvgIpc) is 3.34. The highest BCUT2D eigenvalue weighted by Crippen LogP contribution is 2.23. The zero-order valence-corrected chi connectivity index (χ0v) is 15.4. The Morgan fingerprint density at radius 3 is 2.69 bits per heavy atom. The van der Waals surface area contributed by atoms with Crippen molar-refractivity contribution in [2.45, 2.75) is 13.5 Å². The van der Waals surface area contributed by atoms with Gasteiger partial charge in [-0.1, -0.05) is 11.2 Å². The quantitative estimate of drug-likeness (QED) is 0.544. The molecule has 0 radical (unpaired) electrons. The summed E-state index contributed by atoms with van der Waals surface area (Å²) in [5.41, 5.74) is 2.02. The van der Waals surface area contributed by atoms with Crippen LogP contribution in [0.1, 0.15) is 5.56 Å². The molecule has 0 aliphatic rings. The third-order valence-electron chi connectivity index (χ3n) is 4.29. The summed E-state index contributed by atoms with van der Waals surface area (Å²) in [5, 5.41) is 6.46. The molecule has 2 heterocycles. The van der Waals surface area contributed by atoms with Crippen molar-refractivity contribution in [3.8, 4) is 23.0 Å². The number of aromatic nitrogens is 3. The van der Waals surface area contributed by atoms with Crippen LogP contribution in [0.5, 0.6) is 0 Å². The zero-order valence-electron chi connectivity index (χ0n) is 15.4. The lowest BCUT2D eigenvalue weighted by Crippen LogP contribution is -2.19. The second-order valence-electron chi connectivity index (χ2n) is 6.48. The number of carbonyl (C=O) groups excluding carboxylic acids is 1. The normalized spacial score (nSPS) is 10.9. The molecule has 146 valence electrons. The Morgan fingerprint density at radius 1 is 1.14 bits per heavy atom. The number of rotatable bonds is 5. The molecular weight excluding hydrogens is 378 g/mol. The van der Waals surface area contributed by atoms with Crippen LogP contribution >= 0.6 is 0 Å². The van der Waals surface area contributed by atoms with Gasteiger partial charge in [-0.05, 0) is 61.0 Å². The van der Waals surface area contributed by atoms with Crippen LogP contribution in [0, 0.1) is 18.6 Å². The van der Waals surface area contributed by atoms with Gasteiger partial charge in [0.25, 0.3) is 5.89 Å². The maximum atomic E-state index is 13.9. The number of hydrogen-bond donors (Lipinski definition) is 1. The molecule has 8 heteroatoms. The number of benzene rings is 2. The molecule has 2 aromatic heterocycles. The van der Waals surface area contributed by atoms with Crippen molar-refractivity contribution < 1.29 is 18.1 Å². The van der Waals surface area contributed by atoms with Gasteiger partial charge < -0.3 is 14.4 Å². The Kier molecular flexibility index (Phi) is 4.90. The van der Waals surface area contributed by atoms with Crippen molar-refractivity contribution in [1.82, 2.24) is 14.7 Å². The van der Waals surface area contributed by atoms with Gasteiger partial charge >= 0.3 is 0 Å². The fraction of sp³-hybridized carbons (Fsp3) is 0.0952. The average molecular weight is 394 g/mol. The van der Waals surface area contributed by atoms with Gasteiger partial charge in [0.15, 0.2) is 0 Å². The summed E-state index contributed by atoms with van der Waals surface area (Å²) in [4.78, 5) is 16.7. The highest BCUT2D eigenvalue weighted by molar-refractivity contribution is 5.91. The summed E-state index contributed by atoms with van der Waals surface area (Å²) in [5.74, 6) is -0.736. The van der Waals surface area contributed by atoms with Crippen LogP contribution in [-0.2, 0) is 11.3 Å². The van der Waals surface area contributed by atoms with E-state index in [4.69, 9.17) is 4.52 Å². The van der Waals surface area contributed by atoms with Crippen LogP contribution in [-0.4, -0.2) is 20.6 Å². The number of nitrogens with zero attached hydrogens (tertiary/aromatic N) is 3. The minimum absolute atomic E-state index is 0.0656. The first-order chi connectivity index (χ1) is 14.0. The van der Waals surface area contributed by atoms with E-state index in [1.165, 1.54) is 24.3 Å². The summed E-state index contributed by atoms with van der Waals surface area (Å²) >= 11 is 0. The molecule has 6 nitrogen and oxygen atoms in total. The summed E-state index contributed by atoms with van der Waals surface area (Å²) in [6.07, 6.45) is 1.68. The number of aryl methyl sites for hydroxylation is 1. The highest BCUT2D eigenvalue weighted by Gasteiger charge is 2.16. The van der Waals surface area contributed by atoms with Gasteiger partial charge in [0.1, 0.15) is 23.9 Å². The van der Waals surface area contributed by atoms with Gasteiger partial charge in [-0.2, -0.15) is 4.98 Å². The van der Waals surface area contributed by atoms with Crippen molar-refractivity contribution in [3.63, 3.8) is 0 Å². The molecule has 2 aromatic carbocycles. The van der Waals surface area contributed by atoms with E-state index in [9.17, 15) is 13.6 Å². The molecule has 0 unspecified atom stereocenters. The molecule has 29 heavy (non-hydrogen) atoms. The molecule has 0 spiro atoms. The molecule has 0 aliphatic carbocycles. The number of carbonyl (C=O) groups is 1. The fourth-order valence-electron chi connectivity index (χ4n) is 2.86. The Labute approximate surface area is 164 Å². The zero-order chi connectivity index (χ0) is 20.4. The van der Waals surface area contributed by atoms with Crippen molar-refractivity contribution in [3.05, 3.63) is 78.0 Å². The first-order valence-electron chi connectivity index (χ1n) is 8.81. The molecule has 0 atom stereocenters. The number of anilines is 1.